The Morgan fingerprint density at radius 3 is 2.87 bits per heavy atom. The highest BCUT2D eigenvalue weighted by Gasteiger charge is 2.61. The molecule has 1 aromatic rings. The van der Waals surface area contributed by atoms with Crippen LogP contribution in [0, 0.1) is 17.8 Å². The van der Waals surface area contributed by atoms with Gasteiger partial charge >= 0.3 is 5.97 Å². The van der Waals surface area contributed by atoms with Crippen molar-refractivity contribution in [3.05, 3.63) is 23.6 Å². The third-order valence-electron chi connectivity index (χ3n) is 7.98. The number of ether oxygens (including phenoxy) is 1. The Morgan fingerprint density at radius 2 is 2.10 bits per heavy atom. The van der Waals surface area contributed by atoms with E-state index in [0.29, 0.717) is 36.8 Å². The molecule has 4 bridgehead atoms. The Labute approximate surface area is 175 Å². The van der Waals surface area contributed by atoms with Crippen molar-refractivity contribution in [2.24, 2.45) is 17.8 Å². The van der Waals surface area contributed by atoms with E-state index >= 15 is 0 Å². The number of hydrogen-bond acceptors (Lipinski definition) is 7. The number of esters is 1. The van der Waals surface area contributed by atoms with E-state index in [1.807, 2.05) is 0 Å². The first-order chi connectivity index (χ1) is 14.6. The van der Waals surface area contributed by atoms with Gasteiger partial charge < -0.3 is 14.2 Å². The van der Waals surface area contributed by atoms with Gasteiger partial charge in [0.05, 0.1) is 18.6 Å². The van der Waals surface area contributed by atoms with Crippen LogP contribution >= 0.6 is 0 Å². The monoisotopic (exact) mass is 412 g/mol. The van der Waals surface area contributed by atoms with Crippen LogP contribution in [0.4, 0.5) is 0 Å². The number of nitrogens with zero attached hydrogens (tertiary/aromatic N) is 4. The maximum atomic E-state index is 13.0. The molecular formula is C22H28N4O4. The molecule has 8 heteroatoms. The molecule has 2 unspecified atom stereocenters. The number of amides is 1. The van der Waals surface area contributed by atoms with Crippen LogP contribution < -0.4 is 0 Å². The molecule has 1 amide bonds. The normalized spacial score (nSPS) is 36.8. The number of fused-ring (bicyclic) bond motifs is 1. The van der Waals surface area contributed by atoms with E-state index in [0.717, 1.165) is 44.5 Å². The van der Waals surface area contributed by atoms with Gasteiger partial charge in [0.1, 0.15) is 5.82 Å². The second-order valence-electron chi connectivity index (χ2n) is 9.77. The fourth-order valence-corrected chi connectivity index (χ4v) is 7.25. The molecular weight excluding hydrogens is 384 g/mol. The van der Waals surface area contributed by atoms with Gasteiger partial charge in [-0.1, -0.05) is 0 Å². The predicted octanol–water partition coefficient (Wildman–Crippen LogP) is 2.47. The molecule has 1 aromatic heterocycles. The van der Waals surface area contributed by atoms with Crippen LogP contribution in [-0.2, 0) is 14.9 Å². The lowest BCUT2D eigenvalue weighted by Crippen LogP contribution is -2.60. The smallest absolute Gasteiger partial charge is 0.379 e. The van der Waals surface area contributed by atoms with Crippen LogP contribution in [0.15, 0.2) is 16.4 Å². The van der Waals surface area contributed by atoms with Crippen molar-refractivity contribution in [3.63, 3.8) is 0 Å². The van der Waals surface area contributed by atoms with Gasteiger partial charge in [-0.25, -0.2) is 4.79 Å². The molecule has 0 spiro atoms. The molecule has 30 heavy (non-hydrogen) atoms. The summed E-state index contributed by atoms with van der Waals surface area (Å²) in [5, 5.41) is 3.91. The second-order valence-corrected chi connectivity index (χ2v) is 9.77. The third kappa shape index (κ3) is 2.58. The summed E-state index contributed by atoms with van der Waals surface area (Å²) < 4.78 is 10.7. The lowest BCUT2D eigenvalue weighted by atomic mass is 9.47. The second kappa shape index (κ2) is 6.56. The highest BCUT2D eigenvalue weighted by Crippen LogP contribution is 2.62. The molecule has 3 heterocycles. The van der Waals surface area contributed by atoms with Gasteiger partial charge in [-0.2, -0.15) is 4.98 Å². The molecule has 1 saturated heterocycles. The van der Waals surface area contributed by atoms with Gasteiger partial charge in [-0.05, 0) is 80.9 Å². The standard InChI is InChI=1S/C22H28N4O4/c1-2-29-20(28)19-23-21(30-24-19)22-9-13-7-14(10-22)18(15(8-13)11-22)26-16-5-3-4-6-25(16)12-17(26)27/h5,13-15,18H,2-4,6-12H2,1H3. The maximum Gasteiger partial charge on any atom is 0.379 e. The summed E-state index contributed by atoms with van der Waals surface area (Å²) in [4.78, 5) is 33.9. The molecule has 2 atom stereocenters. The van der Waals surface area contributed by atoms with E-state index in [1.54, 1.807) is 6.92 Å². The maximum absolute atomic E-state index is 13.0. The van der Waals surface area contributed by atoms with E-state index in [4.69, 9.17) is 9.26 Å². The Bertz CT molecular complexity index is 908. The zero-order chi connectivity index (χ0) is 20.5. The highest BCUT2D eigenvalue weighted by molar-refractivity contribution is 5.85. The number of carbonyl (C=O) groups is 2. The predicted molar refractivity (Wildman–Crippen MR) is 105 cm³/mol. The van der Waals surface area contributed by atoms with Gasteiger partial charge in [0.15, 0.2) is 0 Å². The van der Waals surface area contributed by atoms with Crippen LogP contribution in [-0.4, -0.2) is 57.6 Å². The van der Waals surface area contributed by atoms with Crippen molar-refractivity contribution >= 4 is 11.9 Å². The van der Waals surface area contributed by atoms with E-state index in [9.17, 15) is 9.59 Å². The van der Waals surface area contributed by atoms with Crippen LogP contribution in [0.5, 0.6) is 0 Å². The van der Waals surface area contributed by atoms with Crippen molar-refractivity contribution in [1.29, 1.82) is 0 Å². The van der Waals surface area contributed by atoms with Gasteiger partial charge in [0.25, 0.3) is 5.82 Å². The molecule has 8 nitrogen and oxygen atoms in total. The highest BCUT2D eigenvalue weighted by atomic mass is 16.5. The summed E-state index contributed by atoms with van der Waals surface area (Å²) in [6.07, 6.45) is 9.73. The molecule has 6 aliphatic rings. The van der Waals surface area contributed by atoms with E-state index in [2.05, 4.69) is 26.0 Å². The van der Waals surface area contributed by atoms with E-state index in [1.165, 1.54) is 12.8 Å². The van der Waals surface area contributed by atoms with Crippen molar-refractivity contribution in [3.8, 4) is 0 Å². The first kappa shape index (κ1) is 18.4. The summed E-state index contributed by atoms with van der Waals surface area (Å²) in [6, 6.07) is 0.281. The van der Waals surface area contributed by atoms with Crippen molar-refractivity contribution in [2.75, 3.05) is 19.7 Å². The van der Waals surface area contributed by atoms with Gasteiger partial charge in [-0.15, -0.1) is 0 Å². The van der Waals surface area contributed by atoms with Crippen molar-refractivity contribution in [1.82, 2.24) is 19.9 Å². The summed E-state index contributed by atoms with van der Waals surface area (Å²) in [6.45, 7) is 3.57. The topological polar surface area (TPSA) is 88.8 Å². The van der Waals surface area contributed by atoms with Crippen LogP contribution in [0.25, 0.3) is 0 Å². The summed E-state index contributed by atoms with van der Waals surface area (Å²) in [7, 11) is 0. The Morgan fingerprint density at radius 1 is 1.30 bits per heavy atom. The Hall–Kier alpha value is -2.38. The van der Waals surface area contributed by atoms with Crippen molar-refractivity contribution < 1.29 is 18.8 Å². The summed E-state index contributed by atoms with van der Waals surface area (Å²) in [5.74, 6) is 3.03. The largest absolute Gasteiger partial charge is 0.460 e. The number of allylic oxidation sites excluding steroid dienone is 1. The SMILES string of the molecule is CCOC(=O)c1noc(C23CC4CC(C2)C(N2C(=O)CN5CCCC=C52)C(C4)C3)n1. The molecule has 0 radical (unpaired) electrons. The molecule has 5 fully saturated rings. The molecule has 0 N–H and O–H groups in total. The average Bonchev–Trinajstić information content (AvgIpc) is 3.33. The fraction of sp³-hybridized carbons (Fsp3) is 0.727. The Kier molecular flexibility index (Phi) is 4.02. The van der Waals surface area contributed by atoms with E-state index in [-0.39, 0.29) is 23.2 Å². The number of carbonyl (C=O) groups excluding carboxylic acids is 2. The summed E-state index contributed by atoms with van der Waals surface area (Å²) in [5.41, 5.74) is -0.159. The first-order valence-corrected chi connectivity index (χ1v) is 11.4. The number of hydrogen-bond donors (Lipinski definition) is 0. The summed E-state index contributed by atoms with van der Waals surface area (Å²) >= 11 is 0. The van der Waals surface area contributed by atoms with Gasteiger partial charge in [0.2, 0.25) is 11.8 Å². The molecule has 7 rings (SSSR count). The lowest BCUT2D eigenvalue weighted by molar-refractivity contribution is -0.137. The average molecular weight is 412 g/mol. The molecule has 2 aliphatic heterocycles. The minimum atomic E-state index is -0.526. The fourth-order valence-electron chi connectivity index (χ4n) is 7.25. The molecule has 0 aromatic carbocycles. The van der Waals surface area contributed by atoms with Gasteiger partial charge in [0, 0.05) is 12.6 Å². The van der Waals surface area contributed by atoms with Crippen molar-refractivity contribution in [2.45, 2.75) is 63.3 Å². The lowest BCUT2D eigenvalue weighted by Gasteiger charge is -2.60. The zero-order valence-electron chi connectivity index (χ0n) is 17.4. The molecule has 160 valence electrons. The molecule has 4 saturated carbocycles. The Balaban J connectivity index is 1.30. The zero-order valence-corrected chi connectivity index (χ0v) is 17.4. The van der Waals surface area contributed by atoms with Crippen LogP contribution in [0.1, 0.15) is 68.4 Å². The van der Waals surface area contributed by atoms with Crippen LogP contribution in [0.2, 0.25) is 0 Å². The third-order valence-corrected chi connectivity index (χ3v) is 7.98. The van der Waals surface area contributed by atoms with Gasteiger partial charge in [-0.3, -0.25) is 9.69 Å². The van der Waals surface area contributed by atoms with Crippen LogP contribution in [0.3, 0.4) is 0 Å². The minimum Gasteiger partial charge on any atom is -0.460 e. The number of aromatic nitrogens is 2. The minimum absolute atomic E-state index is 0.0249. The first-order valence-electron chi connectivity index (χ1n) is 11.4. The number of rotatable bonds is 4. The molecule has 4 aliphatic carbocycles. The quantitative estimate of drug-likeness (QED) is 0.702. The van der Waals surface area contributed by atoms with E-state index < -0.39 is 5.97 Å².